The predicted molar refractivity (Wildman–Crippen MR) is 99.2 cm³/mol. The third-order valence-electron chi connectivity index (χ3n) is 4.79. The summed E-state index contributed by atoms with van der Waals surface area (Å²) in [4.78, 5) is 23.8. The summed E-state index contributed by atoms with van der Waals surface area (Å²) < 4.78 is 20.9. The molecule has 0 bridgehead atoms. The summed E-state index contributed by atoms with van der Waals surface area (Å²) in [5.74, 6) is -3.85. The molecule has 1 amide bonds. The van der Waals surface area contributed by atoms with Crippen molar-refractivity contribution in [3.05, 3.63) is 64.9 Å². The summed E-state index contributed by atoms with van der Waals surface area (Å²) in [5.41, 5.74) is 1.95. The predicted octanol–water partition coefficient (Wildman–Crippen LogP) is 3.74. The van der Waals surface area contributed by atoms with Gasteiger partial charge in [0, 0.05) is 24.2 Å². The first kappa shape index (κ1) is 19.0. The van der Waals surface area contributed by atoms with Crippen LogP contribution in [0.2, 0.25) is 0 Å². The highest BCUT2D eigenvalue weighted by molar-refractivity contribution is 6.03. The van der Waals surface area contributed by atoms with E-state index in [1.54, 1.807) is 13.0 Å². The first-order valence-corrected chi connectivity index (χ1v) is 9.01. The number of carbonyl (C=O) groups is 2. The van der Waals surface area contributed by atoms with Crippen LogP contribution in [-0.4, -0.2) is 29.4 Å². The molecule has 3 rings (SSSR count). The number of carbonyl (C=O) groups excluding carboxylic acids is 1. The molecular weight excluding hydrogens is 349 g/mol. The Morgan fingerprint density at radius 2 is 1.89 bits per heavy atom. The van der Waals surface area contributed by atoms with Gasteiger partial charge in [0.25, 0.3) is 11.8 Å². The molecule has 6 heteroatoms. The van der Waals surface area contributed by atoms with Crippen LogP contribution in [0.3, 0.4) is 0 Å². The standard InChI is InChI=1S/C21H22FNO4/c1-2-27-21(22)13-15(14-7-4-3-5-8-14)11-12-18(21)23-19(24)16-9-6-10-17(16)20(25)26/h3-5,7-8,11-12H,2,6,9-10,13H2,1H3,(H,23,24)(H,25,26). The first-order valence-electron chi connectivity index (χ1n) is 9.01. The van der Waals surface area contributed by atoms with Gasteiger partial charge >= 0.3 is 5.97 Å². The van der Waals surface area contributed by atoms with Crippen LogP contribution in [0.1, 0.15) is 38.2 Å². The van der Waals surface area contributed by atoms with Crippen molar-refractivity contribution < 1.29 is 23.8 Å². The average Bonchev–Trinajstić information content (AvgIpc) is 3.14. The van der Waals surface area contributed by atoms with Crippen LogP contribution >= 0.6 is 0 Å². The molecule has 0 aliphatic heterocycles. The van der Waals surface area contributed by atoms with Gasteiger partial charge in [-0.3, -0.25) is 4.79 Å². The normalized spacial score (nSPS) is 22.3. The Morgan fingerprint density at radius 3 is 2.56 bits per heavy atom. The second-order valence-corrected chi connectivity index (χ2v) is 6.55. The van der Waals surface area contributed by atoms with Gasteiger partial charge in [-0.05, 0) is 43.4 Å². The van der Waals surface area contributed by atoms with Crippen LogP contribution in [-0.2, 0) is 14.3 Å². The van der Waals surface area contributed by atoms with Crippen molar-refractivity contribution in [2.24, 2.45) is 0 Å². The molecule has 2 aliphatic rings. The number of rotatable bonds is 6. The van der Waals surface area contributed by atoms with Crippen LogP contribution in [0, 0.1) is 0 Å². The molecule has 0 fully saturated rings. The summed E-state index contributed by atoms with van der Waals surface area (Å²) >= 11 is 0. The number of aliphatic carboxylic acids is 1. The Kier molecular flexibility index (Phi) is 5.56. The lowest BCUT2D eigenvalue weighted by atomic mass is 9.92. The second-order valence-electron chi connectivity index (χ2n) is 6.55. The van der Waals surface area contributed by atoms with Crippen molar-refractivity contribution >= 4 is 17.4 Å². The number of halogens is 1. The topological polar surface area (TPSA) is 75.6 Å². The van der Waals surface area contributed by atoms with Gasteiger partial charge in [0.1, 0.15) is 0 Å². The number of carboxylic acids is 1. The second kappa shape index (κ2) is 7.88. The highest BCUT2D eigenvalue weighted by atomic mass is 19.2. The van der Waals surface area contributed by atoms with Crippen LogP contribution in [0.25, 0.3) is 5.57 Å². The van der Waals surface area contributed by atoms with Crippen LogP contribution < -0.4 is 5.32 Å². The SMILES string of the molecule is CCOC1(F)CC(c2ccccc2)=CC=C1NC(=O)C1=C(C(=O)O)CCC1. The van der Waals surface area contributed by atoms with E-state index in [0.29, 0.717) is 19.3 Å². The molecule has 1 atom stereocenters. The van der Waals surface area contributed by atoms with Crippen molar-refractivity contribution in [3.8, 4) is 0 Å². The summed E-state index contributed by atoms with van der Waals surface area (Å²) in [6.45, 7) is 1.82. The van der Waals surface area contributed by atoms with E-state index in [-0.39, 0.29) is 29.9 Å². The number of hydrogen-bond acceptors (Lipinski definition) is 3. The van der Waals surface area contributed by atoms with Crippen LogP contribution in [0.5, 0.6) is 0 Å². The molecule has 0 saturated carbocycles. The molecule has 0 radical (unpaired) electrons. The molecule has 142 valence electrons. The molecule has 27 heavy (non-hydrogen) atoms. The Bertz CT molecular complexity index is 841. The fourth-order valence-corrected chi connectivity index (χ4v) is 3.48. The number of nitrogens with one attached hydrogen (secondary N) is 1. The van der Waals surface area contributed by atoms with E-state index in [1.165, 1.54) is 6.08 Å². The largest absolute Gasteiger partial charge is 0.478 e. The minimum absolute atomic E-state index is 0.00169. The van der Waals surface area contributed by atoms with E-state index < -0.39 is 17.7 Å². The lowest BCUT2D eigenvalue weighted by molar-refractivity contribution is -0.133. The van der Waals surface area contributed by atoms with Crippen molar-refractivity contribution in [3.63, 3.8) is 0 Å². The highest BCUT2D eigenvalue weighted by Gasteiger charge is 2.40. The third-order valence-corrected chi connectivity index (χ3v) is 4.79. The minimum atomic E-state index is -2.17. The van der Waals surface area contributed by atoms with Crippen molar-refractivity contribution in [2.75, 3.05) is 6.61 Å². The summed E-state index contributed by atoms with van der Waals surface area (Å²) in [7, 11) is 0. The minimum Gasteiger partial charge on any atom is -0.478 e. The molecule has 0 saturated heterocycles. The van der Waals surface area contributed by atoms with Gasteiger partial charge < -0.3 is 15.2 Å². The number of carboxylic acid groups (broad SMARTS) is 1. The Hall–Kier alpha value is -2.73. The van der Waals surface area contributed by atoms with Gasteiger partial charge in [-0.2, -0.15) is 0 Å². The molecule has 0 heterocycles. The number of amides is 1. The van der Waals surface area contributed by atoms with Gasteiger partial charge in [-0.25, -0.2) is 9.18 Å². The molecule has 1 aromatic carbocycles. The maximum Gasteiger partial charge on any atom is 0.332 e. The highest BCUT2D eigenvalue weighted by Crippen LogP contribution is 2.38. The lowest BCUT2D eigenvalue weighted by Crippen LogP contribution is -2.41. The molecule has 5 nitrogen and oxygen atoms in total. The number of allylic oxidation sites excluding steroid dienone is 2. The van der Waals surface area contributed by atoms with E-state index >= 15 is 4.39 Å². The first-order chi connectivity index (χ1) is 12.9. The maximum absolute atomic E-state index is 15.6. The van der Waals surface area contributed by atoms with Crippen molar-refractivity contribution in [1.29, 1.82) is 0 Å². The van der Waals surface area contributed by atoms with Gasteiger partial charge in [0.2, 0.25) is 0 Å². The number of benzene rings is 1. The van der Waals surface area contributed by atoms with Crippen LogP contribution in [0.4, 0.5) is 4.39 Å². The Morgan fingerprint density at radius 1 is 1.19 bits per heavy atom. The average molecular weight is 371 g/mol. The zero-order chi connectivity index (χ0) is 19.4. The number of hydrogen-bond donors (Lipinski definition) is 2. The number of ether oxygens (including phenoxy) is 1. The fourth-order valence-electron chi connectivity index (χ4n) is 3.48. The lowest BCUT2D eigenvalue weighted by Gasteiger charge is -2.32. The molecule has 2 aliphatic carbocycles. The fraction of sp³-hybridized carbons (Fsp3) is 0.333. The smallest absolute Gasteiger partial charge is 0.332 e. The maximum atomic E-state index is 15.6. The van der Waals surface area contributed by atoms with Crippen molar-refractivity contribution in [2.45, 2.75) is 38.5 Å². The van der Waals surface area contributed by atoms with Gasteiger partial charge in [-0.1, -0.05) is 36.4 Å². The van der Waals surface area contributed by atoms with E-state index in [0.717, 1.165) is 11.1 Å². The molecule has 0 aromatic heterocycles. The van der Waals surface area contributed by atoms with Crippen LogP contribution in [0.15, 0.2) is 59.3 Å². The summed E-state index contributed by atoms with van der Waals surface area (Å²) in [6.07, 6.45) is 4.54. The Labute approximate surface area is 157 Å². The van der Waals surface area contributed by atoms with E-state index in [2.05, 4.69) is 5.32 Å². The van der Waals surface area contributed by atoms with E-state index in [9.17, 15) is 14.7 Å². The molecule has 1 unspecified atom stereocenters. The zero-order valence-corrected chi connectivity index (χ0v) is 15.1. The summed E-state index contributed by atoms with van der Waals surface area (Å²) in [5, 5.41) is 11.8. The van der Waals surface area contributed by atoms with Gasteiger partial charge in [0.15, 0.2) is 0 Å². The number of alkyl halides is 1. The van der Waals surface area contributed by atoms with E-state index in [4.69, 9.17) is 4.74 Å². The zero-order valence-electron chi connectivity index (χ0n) is 15.1. The monoisotopic (exact) mass is 371 g/mol. The molecule has 1 aromatic rings. The quantitative estimate of drug-likeness (QED) is 0.799. The third kappa shape index (κ3) is 4.01. The Balaban J connectivity index is 1.89. The summed E-state index contributed by atoms with van der Waals surface area (Å²) in [6, 6.07) is 9.40. The van der Waals surface area contributed by atoms with Gasteiger partial charge in [0.05, 0.1) is 5.70 Å². The molecular formula is C21H22FNO4. The van der Waals surface area contributed by atoms with Gasteiger partial charge in [-0.15, -0.1) is 0 Å². The molecule has 0 spiro atoms. The molecule has 2 N–H and O–H groups in total. The van der Waals surface area contributed by atoms with E-state index in [1.807, 2.05) is 30.3 Å². The van der Waals surface area contributed by atoms with Crippen molar-refractivity contribution in [1.82, 2.24) is 5.32 Å².